The number of hydrogen-bond donors (Lipinski definition) is 0. The summed E-state index contributed by atoms with van der Waals surface area (Å²) in [4.78, 5) is 14.6. The van der Waals surface area contributed by atoms with Crippen LogP contribution in [0, 0.1) is 5.92 Å². The van der Waals surface area contributed by atoms with Gasteiger partial charge in [0.15, 0.2) is 0 Å². The molecule has 1 spiro atoms. The van der Waals surface area contributed by atoms with Gasteiger partial charge in [-0.05, 0) is 62.8 Å². The number of nitrogens with zero attached hydrogens (tertiary/aromatic N) is 1. The molecule has 0 radical (unpaired) electrons. The lowest BCUT2D eigenvalue weighted by molar-refractivity contribution is -0.118. The molecular weight excluding hydrogens is 290 g/mol. The summed E-state index contributed by atoms with van der Waals surface area (Å²) in [5, 5.41) is 0.770. The molecule has 4 heteroatoms. The molecule has 2 aliphatic rings. The van der Waals surface area contributed by atoms with Crippen molar-refractivity contribution in [2.24, 2.45) is 5.92 Å². The topological polar surface area (TPSA) is 20.3 Å². The molecule has 2 fully saturated rings. The summed E-state index contributed by atoms with van der Waals surface area (Å²) in [5.41, 5.74) is 0.991. The Hall–Kier alpha value is -0.670. The number of benzene rings is 1. The second-order valence-corrected chi connectivity index (χ2v) is 8.18. The molecule has 1 heterocycles. The van der Waals surface area contributed by atoms with Crippen LogP contribution in [0.2, 0.25) is 5.02 Å². The maximum absolute atomic E-state index is 12.6. The third-order valence-electron chi connectivity index (χ3n) is 4.51. The van der Waals surface area contributed by atoms with Gasteiger partial charge >= 0.3 is 0 Å². The van der Waals surface area contributed by atoms with Gasteiger partial charge in [0, 0.05) is 10.7 Å². The first-order chi connectivity index (χ1) is 9.52. The molecule has 108 valence electrons. The van der Waals surface area contributed by atoms with Gasteiger partial charge in [-0.25, -0.2) is 0 Å². The van der Waals surface area contributed by atoms with Gasteiger partial charge in [0.2, 0.25) is 5.91 Å². The van der Waals surface area contributed by atoms with E-state index in [0.29, 0.717) is 5.02 Å². The van der Waals surface area contributed by atoms with Gasteiger partial charge in [0.1, 0.15) is 0 Å². The largest absolute Gasteiger partial charge is 0.296 e. The molecule has 1 aromatic carbocycles. The lowest BCUT2D eigenvalue weighted by Gasteiger charge is -2.42. The molecule has 20 heavy (non-hydrogen) atoms. The molecule has 1 atom stereocenters. The standard InChI is InChI=1S/C16H20ClNOS/c1-11-7-9-16(10-8-11)18(15(19)12(2)20-16)14-5-3-13(17)4-6-14/h3-6,11-12H,7-10H2,1-2H3/t11?,12-,16?/m1/s1. The molecule has 1 saturated carbocycles. The Balaban J connectivity index is 1.96. The highest BCUT2D eigenvalue weighted by Crippen LogP contribution is 2.52. The highest BCUT2D eigenvalue weighted by Gasteiger charge is 2.51. The van der Waals surface area contributed by atoms with E-state index in [-0.39, 0.29) is 16.0 Å². The quantitative estimate of drug-likeness (QED) is 0.748. The van der Waals surface area contributed by atoms with Crippen LogP contribution in [0.5, 0.6) is 0 Å². The van der Waals surface area contributed by atoms with Crippen LogP contribution in [0.15, 0.2) is 24.3 Å². The van der Waals surface area contributed by atoms with Gasteiger partial charge in [-0.15, -0.1) is 11.8 Å². The zero-order chi connectivity index (χ0) is 14.3. The average molecular weight is 310 g/mol. The molecule has 1 amide bonds. The molecule has 0 aromatic heterocycles. The second-order valence-electron chi connectivity index (χ2n) is 6.04. The zero-order valence-electron chi connectivity index (χ0n) is 11.9. The van der Waals surface area contributed by atoms with Crippen LogP contribution >= 0.6 is 23.4 Å². The number of anilines is 1. The summed E-state index contributed by atoms with van der Waals surface area (Å²) >= 11 is 7.82. The Kier molecular flexibility index (Phi) is 3.76. The number of carbonyl (C=O) groups excluding carboxylic acids is 1. The van der Waals surface area contributed by atoms with Crippen molar-refractivity contribution in [1.29, 1.82) is 0 Å². The molecule has 1 aliphatic heterocycles. The van der Waals surface area contributed by atoms with Crippen molar-refractivity contribution in [2.75, 3.05) is 4.90 Å². The molecule has 1 aromatic rings. The van der Waals surface area contributed by atoms with Gasteiger partial charge in [0.05, 0.1) is 10.1 Å². The fraction of sp³-hybridized carbons (Fsp3) is 0.562. The number of thioether (sulfide) groups is 1. The van der Waals surface area contributed by atoms with Crippen LogP contribution in [0.25, 0.3) is 0 Å². The van der Waals surface area contributed by atoms with Gasteiger partial charge in [-0.1, -0.05) is 18.5 Å². The van der Waals surface area contributed by atoms with Crippen molar-refractivity contribution in [2.45, 2.75) is 49.7 Å². The molecule has 0 unspecified atom stereocenters. The molecule has 3 rings (SSSR count). The van der Waals surface area contributed by atoms with E-state index < -0.39 is 0 Å². The molecule has 1 aliphatic carbocycles. The Bertz CT molecular complexity index is 508. The van der Waals surface area contributed by atoms with Crippen LogP contribution < -0.4 is 4.90 Å². The number of carbonyl (C=O) groups is 1. The van der Waals surface area contributed by atoms with Crippen molar-refractivity contribution in [3.63, 3.8) is 0 Å². The van der Waals surface area contributed by atoms with Crippen molar-refractivity contribution in [1.82, 2.24) is 0 Å². The van der Waals surface area contributed by atoms with Crippen molar-refractivity contribution in [3.8, 4) is 0 Å². The van der Waals surface area contributed by atoms with E-state index in [1.54, 1.807) is 0 Å². The Morgan fingerprint density at radius 1 is 1.20 bits per heavy atom. The van der Waals surface area contributed by atoms with Crippen LogP contribution in [-0.4, -0.2) is 16.0 Å². The van der Waals surface area contributed by atoms with Crippen LogP contribution in [0.3, 0.4) is 0 Å². The number of hydrogen-bond acceptors (Lipinski definition) is 2. The van der Waals surface area contributed by atoms with Crippen molar-refractivity contribution < 1.29 is 4.79 Å². The molecular formula is C16H20ClNOS. The Morgan fingerprint density at radius 3 is 2.40 bits per heavy atom. The smallest absolute Gasteiger partial charge is 0.241 e. The number of amides is 1. The maximum atomic E-state index is 12.6. The summed E-state index contributed by atoms with van der Waals surface area (Å²) in [6.07, 6.45) is 4.60. The predicted molar refractivity (Wildman–Crippen MR) is 86.4 cm³/mol. The van der Waals surface area contributed by atoms with E-state index in [1.807, 2.05) is 47.9 Å². The fourth-order valence-electron chi connectivity index (χ4n) is 3.32. The lowest BCUT2D eigenvalue weighted by Crippen LogP contribution is -2.47. The molecule has 1 saturated heterocycles. The number of halogens is 1. The fourth-order valence-corrected chi connectivity index (χ4v) is 5.08. The van der Waals surface area contributed by atoms with Gasteiger partial charge in [0.25, 0.3) is 0 Å². The first kappa shape index (κ1) is 14.3. The predicted octanol–water partition coefficient (Wildman–Crippen LogP) is 4.71. The van der Waals surface area contributed by atoms with E-state index >= 15 is 0 Å². The third-order valence-corrected chi connectivity index (χ3v) is 6.35. The van der Waals surface area contributed by atoms with Crippen molar-refractivity contribution in [3.05, 3.63) is 29.3 Å². The van der Waals surface area contributed by atoms with Gasteiger partial charge < -0.3 is 0 Å². The Morgan fingerprint density at radius 2 is 1.80 bits per heavy atom. The molecule has 2 nitrogen and oxygen atoms in total. The second kappa shape index (κ2) is 5.27. The van der Waals surface area contributed by atoms with E-state index in [0.717, 1.165) is 24.4 Å². The lowest BCUT2D eigenvalue weighted by atomic mass is 9.85. The van der Waals surface area contributed by atoms with E-state index in [2.05, 4.69) is 6.92 Å². The maximum Gasteiger partial charge on any atom is 0.241 e. The first-order valence-corrected chi connectivity index (χ1v) is 8.55. The minimum Gasteiger partial charge on any atom is -0.296 e. The number of rotatable bonds is 1. The van der Waals surface area contributed by atoms with Crippen LogP contribution in [-0.2, 0) is 4.79 Å². The minimum atomic E-state index is -0.0309. The zero-order valence-corrected chi connectivity index (χ0v) is 13.5. The SMILES string of the molecule is CC1CCC2(CC1)S[C@H](C)C(=O)N2c1ccc(Cl)cc1. The van der Waals surface area contributed by atoms with Crippen LogP contribution in [0.4, 0.5) is 5.69 Å². The van der Waals surface area contributed by atoms with Crippen molar-refractivity contribution >= 4 is 35.0 Å². The van der Waals surface area contributed by atoms with Gasteiger partial charge in [-0.2, -0.15) is 0 Å². The summed E-state index contributed by atoms with van der Waals surface area (Å²) < 4.78 is 0. The van der Waals surface area contributed by atoms with Crippen LogP contribution in [0.1, 0.15) is 39.5 Å². The summed E-state index contributed by atoms with van der Waals surface area (Å²) in [5.74, 6) is 1.02. The highest BCUT2D eigenvalue weighted by molar-refractivity contribution is 8.02. The summed E-state index contributed by atoms with van der Waals surface area (Å²) in [6, 6.07) is 7.69. The summed E-state index contributed by atoms with van der Waals surface area (Å²) in [7, 11) is 0. The van der Waals surface area contributed by atoms with E-state index in [4.69, 9.17) is 11.6 Å². The monoisotopic (exact) mass is 309 g/mol. The van der Waals surface area contributed by atoms with E-state index in [9.17, 15) is 4.79 Å². The minimum absolute atomic E-state index is 0.0309. The average Bonchev–Trinajstić information content (AvgIpc) is 2.67. The Labute approximate surface area is 129 Å². The highest BCUT2D eigenvalue weighted by atomic mass is 35.5. The third kappa shape index (κ3) is 2.35. The molecule has 0 N–H and O–H groups in total. The molecule has 0 bridgehead atoms. The first-order valence-electron chi connectivity index (χ1n) is 7.29. The van der Waals surface area contributed by atoms with Gasteiger partial charge in [-0.3, -0.25) is 9.69 Å². The summed E-state index contributed by atoms with van der Waals surface area (Å²) in [6.45, 7) is 4.34. The van der Waals surface area contributed by atoms with E-state index in [1.165, 1.54) is 12.8 Å². The normalized spacial score (nSPS) is 34.0.